The highest BCUT2D eigenvalue weighted by Crippen LogP contribution is 2.46. The average Bonchev–Trinajstić information content (AvgIpc) is 3.60. The smallest absolute Gasteiger partial charge is 0.330 e. The van der Waals surface area contributed by atoms with Gasteiger partial charge in [0.2, 0.25) is 17.7 Å². The van der Waals surface area contributed by atoms with Gasteiger partial charge in [0.15, 0.2) is 0 Å². The number of hydrogen-bond donors (Lipinski definition) is 0. The highest BCUT2D eigenvalue weighted by Gasteiger charge is 2.61. The van der Waals surface area contributed by atoms with E-state index in [9.17, 15) is 24.0 Å². The van der Waals surface area contributed by atoms with Crippen LogP contribution in [0.25, 0.3) is 0 Å². The van der Waals surface area contributed by atoms with Crippen molar-refractivity contribution in [2.45, 2.75) is 49.4 Å². The first-order chi connectivity index (χ1) is 17.7. The molecule has 3 aliphatic rings. The number of likely N-dealkylation sites (tertiary alicyclic amines) is 1. The first-order valence-corrected chi connectivity index (χ1v) is 12.3. The van der Waals surface area contributed by atoms with E-state index in [1.807, 2.05) is 30.3 Å². The van der Waals surface area contributed by atoms with Gasteiger partial charge in [-0.1, -0.05) is 43.5 Å². The van der Waals surface area contributed by atoms with Gasteiger partial charge in [0.1, 0.15) is 23.7 Å². The van der Waals surface area contributed by atoms with E-state index >= 15 is 0 Å². The molecule has 10 heteroatoms. The molecule has 3 fully saturated rings. The number of amides is 3. The third kappa shape index (κ3) is 5.00. The monoisotopic (exact) mass is 509 g/mol. The van der Waals surface area contributed by atoms with Crippen LogP contribution in [0, 0.1) is 0 Å². The number of hydrogen-bond acceptors (Lipinski definition) is 7. The van der Waals surface area contributed by atoms with Gasteiger partial charge in [0.05, 0.1) is 13.7 Å². The summed E-state index contributed by atoms with van der Waals surface area (Å²) in [5.74, 6) is -2.32. The Hall–Kier alpha value is -3.95. The van der Waals surface area contributed by atoms with Crippen LogP contribution in [0.1, 0.15) is 24.8 Å². The lowest BCUT2D eigenvalue weighted by atomic mass is 9.99. The highest BCUT2D eigenvalue weighted by molar-refractivity contribution is 6.00. The lowest BCUT2D eigenvalue weighted by Crippen LogP contribution is -2.65. The summed E-state index contributed by atoms with van der Waals surface area (Å²) in [6.07, 6.45) is 2.83. The van der Waals surface area contributed by atoms with Crippen molar-refractivity contribution in [3.05, 3.63) is 61.2 Å². The molecule has 2 saturated heterocycles. The van der Waals surface area contributed by atoms with Crippen LogP contribution in [0.2, 0.25) is 0 Å². The Morgan fingerprint density at radius 2 is 1.81 bits per heavy atom. The molecule has 2 aliphatic heterocycles. The lowest BCUT2D eigenvalue weighted by molar-refractivity contribution is -0.161. The normalized spacial score (nSPS) is 22.8. The molecule has 4 rings (SSSR count). The van der Waals surface area contributed by atoms with E-state index in [4.69, 9.17) is 9.47 Å². The average molecular weight is 510 g/mol. The topological polar surface area (TPSA) is 114 Å². The van der Waals surface area contributed by atoms with Crippen molar-refractivity contribution in [1.29, 1.82) is 0 Å². The second-order valence-corrected chi connectivity index (χ2v) is 9.46. The van der Waals surface area contributed by atoms with Gasteiger partial charge >= 0.3 is 11.9 Å². The predicted octanol–water partition coefficient (Wildman–Crippen LogP) is 0.859. The number of piperazine rings is 1. The Bertz CT molecular complexity index is 1110. The van der Waals surface area contributed by atoms with Gasteiger partial charge in [-0.25, -0.2) is 9.59 Å². The third-order valence-electron chi connectivity index (χ3n) is 7.31. The molecule has 0 aromatic heterocycles. The molecule has 1 saturated carbocycles. The Kier molecular flexibility index (Phi) is 7.47. The summed E-state index contributed by atoms with van der Waals surface area (Å²) in [6, 6.07) is 7.40. The Morgan fingerprint density at radius 1 is 1.11 bits per heavy atom. The quantitative estimate of drug-likeness (QED) is 0.377. The van der Waals surface area contributed by atoms with Crippen molar-refractivity contribution in [2.24, 2.45) is 0 Å². The van der Waals surface area contributed by atoms with Crippen molar-refractivity contribution in [2.75, 3.05) is 26.7 Å². The first-order valence-electron chi connectivity index (χ1n) is 12.3. The maximum absolute atomic E-state index is 14.1. The van der Waals surface area contributed by atoms with Crippen molar-refractivity contribution in [3.8, 4) is 0 Å². The number of carbonyl (C=O) groups is 5. The number of rotatable bonds is 8. The zero-order valence-corrected chi connectivity index (χ0v) is 20.8. The zero-order valence-electron chi connectivity index (χ0n) is 20.8. The van der Waals surface area contributed by atoms with Crippen LogP contribution in [0.15, 0.2) is 55.6 Å². The van der Waals surface area contributed by atoms with Crippen LogP contribution in [0.4, 0.5) is 0 Å². The fraction of sp³-hybridized carbons (Fsp3) is 0.444. The number of ether oxygens (including phenoxy) is 2. The summed E-state index contributed by atoms with van der Waals surface area (Å²) < 4.78 is 10.3. The van der Waals surface area contributed by atoms with Crippen LogP contribution in [0.3, 0.4) is 0 Å². The van der Waals surface area contributed by atoms with Gasteiger partial charge in [-0.05, 0) is 24.5 Å². The summed E-state index contributed by atoms with van der Waals surface area (Å²) in [5, 5.41) is 0. The molecule has 1 aromatic rings. The molecule has 0 unspecified atom stereocenters. The second-order valence-electron chi connectivity index (χ2n) is 9.46. The molecule has 0 bridgehead atoms. The number of esters is 2. The van der Waals surface area contributed by atoms with Gasteiger partial charge in [-0.15, -0.1) is 0 Å². The van der Waals surface area contributed by atoms with Gasteiger partial charge in [0.25, 0.3) is 0 Å². The van der Waals surface area contributed by atoms with E-state index in [-0.39, 0.29) is 44.3 Å². The molecule has 3 atom stereocenters. The molecule has 1 aromatic carbocycles. The lowest BCUT2D eigenvalue weighted by Gasteiger charge is -2.44. The maximum Gasteiger partial charge on any atom is 0.330 e. The summed E-state index contributed by atoms with van der Waals surface area (Å²) in [5.41, 5.74) is -0.125. The molecule has 2 heterocycles. The van der Waals surface area contributed by atoms with E-state index in [0.29, 0.717) is 12.8 Å². The third-order valence-corrected chi connectivity index (χ3v) is 7.31. The van der Waals surface area contributed by atoms with Crippen LogP contribution in [-0.4, -0.2) is 94.8 Å². The van der Waals surface area contributed by atoms with Crippen LogP contribution in [-0.2, 0) is 39.9 Å². The summed E-state index contributed by atoms with van der Waals surface area (Å²) in [7, 11) is 1.23. The summed E-state index contributed by atoms with van der Waals surface area (Å²) in [6.45, 7) is 7.36. The summed E-state index contributed by atoms with van der Waals surface area (Å²) in [4.78, 5) is 69.1. The van der Waals surface area contributed by atoms with Gasteiger partial charge in [0, 0.05) is 32.0 Å². The predicted molar refractivity (Wildman–Crippen MR) is 132 cm³/mol. The number of nitrogens with zero attached hydrogens (tertiary/aromatic N) is 3. The molecule has 1 spiro atoms. The van der Waals surface area contributed by atoms with Crippen LogP contribution in [0.5, 0.6) is 0 Å². The molecule has 3 amide bonds. The number of benzene rings is 1. The standard InChI is InChI=1S/C27H31N3O7/c1-4-22(31)30-14-13-28(26(35)27(30)11-12-27)20(15-18-9-7-6-8-10-18)24(33)29-17-19(37-23(32)5-2)16-21(29)25(34)36-3/h4-10,19-21H,1-2,11-17H2,3H3/t19-,20+,21+/m1/s1. The minimum Gasteiger partial charge on any atom is -0.467 e. The SMILES string of the molecule is C=CC(=O)O[C@@H]1C[C@@H](C(=O)OC)N(C(=O)[C@H](Cc2ccccc2)N2CCN(C(=O)C=C)C3(CC3)C2=O)C1. The molecular formula is C27H31N3O7. The fourth-order valence-electron chi connectivity index (χ4n) is 5.29. The van der Waals surface area contributed by atoms with Crippen molar-refractivity contribution < 1.29 is 33.4 Å². The first kappa shape index (κ1) is 26.1. The van der Waals surface area contributed by atoms with Gasteiger partial charge in [-0.2, -0.15) is 0 Å². The molecule has 0 radical (unpaired) electrons. The van der Waals surface area contributed by atoms with E-state index in [1.54, 1.807) is 4.90 Å². The number of methoxy groups -OCH3 is 1. The zero-order chi connectivity index (χ0) is 26.7. The number of carbonyl (C=O) groups excluding carboxylic acids is 5. The van der Waals surface area contributed by atoms with E-state index in [2.05, 4.69) is 13.2 Å². The maximum atomic E-state index is 14.1. The highest BCUT2D eigenvalue weighted by atomic mass is 16.5. The fourth-order valence-corrected chi connectivity index (χ4v) is 5.29. The molecule has 196 valence electrons. The largest absolute Gasteiger partial charge is 0.467 e. The second kappa shape index (κ2) is 10.6. The molecule has 0 N–H and O–H groups in total. The van der Waals surface area contributed by atoms with E-state index in [1.165, 1.54) is 23.0 Å². The van der Waals surface area contributed by atoms with E-state index in [0.717, 1.165) is 11.6 Å². The van der Waals surface area contributed by atoms with Crippen molar-refractivity contribution in [3.63, 3.8) is 0 Å². The van der Waals surface area contributed by atoms with Crippen molar-refractivity contribution >= 4 is 29.7 Å². The van der Waals surface area contributed by atoms with Gasteiger partial charge in [-0.3, -0.25) is 14.4 Å². The Balaban J connectivity index is 1.65. The van der Waals surface area contributed by atoms with E-state index < -0.39 is 41.6 Å². The summed E-state index contributed by atoms with van der Waals surface area (Å²) >= 11 is 0. The minimum absolute atomic E-state index is 0.0162. The molecule has 1 aliphatic carbocycles. The Morgan fingerprint density at radius 3 is 2.41 bits per heavy atom. The van der Waals surface area contributed by atoms with Crippen molar-refractivity contribution in [1.82, 2.24) is 14.7 Å². The minimum atomic E-state index is -0.966. The molecule has 10 nitrogen and oxygen atoms in total. The molecular weight excluding hydrogens is 478 g/mol. The van der Waals surface area contributed by atoms with Crippen LogP contribution >= 0.6 is 0 Å². The van der Waals surface area contributed by atoms with Crippen LogP contribution < -0.4 is 0 Å². The molecule has 37 heavy (non-hydrogen) atoms. The Labute approximate surface area is 215 Å². The van der Waals surface area contributed by atoms with Gasteiger partial charge < -0.3 is 24.2 Å².